The molecule has 2 rings (SSSR count). The predicted molar refractivity (Wildman–Crippen MR) is 81.6 cm³/mol. The quantitative estimate of drug-likeness (QED) is 0.722. The van der Waals surface area contributed by atoms with Crippen LogP contribution in [0.5, 0.6) is 5.75 Å². The van der Waals surface area contributed by atoms with Crippen LogP contribution in [0.2, 0.25) is 0 Å². The molecular weight excluding hydrogens is 234 g/mol. The summed E-state index contributed by atoms with van der Waals surface area (Å²) in [5.41, 5.74) is 5.47. The number of rotatable bonds is 8. The van der Waals surface area contributed by atoms with Crippen LogP contribution in [-0.2, 0) is 0 Å². The maximum Gasteiger partial charge on any atom is 0.119 e. The Hall–Kier alpha value is -1.54. The van der Waals surface area contributed by atoms with Crippen LogP contribution >= 0.6 is 0 Å². The van der Waals surface area contributed by atoms with E-state index in [-0.39, 0.29) is 0 Å². The highest BCUT2D eigenvalue weighted by Crippen LogP contribution is 2.20. The first-order valence-corrected chi connectivity index (χ1v) is 7.22. The molecule has 0 unspecified atom stereocenters. The summed E-state index contributed by atoms with van der Waals surface area (Å²) in [6.45, 7) is 1.62. The lowest BCUT2D eigenvalue weighted by Crippen LogP contribution is -1.99. The lowest BCUT2D eigenvalue weighted by molar-refractivity contribution is 0.305. The Kier molecular flexibility index (Phi) is 5.70. The molecule has 0 atom stereocenters. The van der Waals surface area contributed by atoms with Crippen molar-refractivity contribution in [3.8, 4) is 5.75 Å². The Bertz CT molecular complexity index is 495. The average Bonchev–Trinajstić information content (AvgIpc) is 2.46. The van der Waals surface area contributed by atoms with Crippen molar-refractivity contribution in [3.05, 3.63) is 42.5 Å². The molecule has 0 aliphatic rings. The summed E-state index contributed by atoms with van der Waals surface area (Å²) in [4.78, 5) is 0. The number of benzene rings is 2. The van der Waals surface area contributed by atoms with E-state index in [1.807, 2.05) is 0 Å². The van der Waals surface area contributed by atoms with Gasteiger partial charge < -0.3 is 10.5 Å². The summed E-state index contributed by atoms with van der Waals surface area (Å²) in [5.74, 6) is 0.973. The molecule has 0 heterocycles. The van der Waals surface area contributed by atoms with Crippen molar-refractivity contribution in [3.63, 3.8) is 0 Å². The molecule has 0 fully saturated rings. The van der Waals surface area contributed by atoms with Gasteiger partial charge in [-0.1, -0.05) is 49.6 Å². The Labute approximate surface area is 115 Å². The molecule has 0 spiro atoms. The van der Waals surface area contributed by atoms with Gasteiger partial charge in [0.05, 0.1) is 6.61 Å². The second-order valence-electron chi connectivity index (χ2n) is 4.91. The summed E-state index contributed by atoms with van der Waals surface area (Å²) < 4.78 is 5.80. The molecule has 2 heteroatoms. The summed E-state index contributed by atoms with van der Waals surface area (Å²) in [7, 11) is 0. The van der Waals surface area contributed by atoms with Gasteiger partial charge in [-0.05, 0) is 42.3 Å². The molecule has 0 aliphatic carbocycles. The normalized spacial score (nSPS) is 10.8. The van der Waals surface area contributed by atoms with Gasteiger partial charge in [-0.2, -0.15) is 0 Å². The van der Waals surface area contributed by atoms with Crippen molar-refractivity contribution in [1.29, 1.82) is 0 Å². The molecule has 0 amide bonds. The number of hydrogen-bond acceptors (Lipinski definition) is 2. The smallest absolute Gasteiger partial charge is 0.119 e. The molecule has 0 bridgehead atoms. The first kappa shape index (κ1) is 13.9. The van der Waals surface area contributed by atoms with E-state index in [0.717, 1.165) is 31.7 Å². The lowest BCUT2D eigenvalue weighted by Gasteiger charge is -2.07. The third-order valence-electron chi connectivity index (χ3n) is 3.34. The highest BCUT2D eigenvalue weighted by molar-refractivity contribution is 5.83. The third kappa shape index (κ3) is 4.56. The molecule has 102 valence electrons. The minimum atomic E-state index is 0.807. The first-order chi connectivity index (χ1) is 9.40. The van der Waals surface area contributed by atoms with Gasteiger partial charge in [0, 0.05) is 0 Å². The number of unbranched alkanes of at least 4 members (excludes halogenated alkanes) is 4. The van der Waals surface area contributed by atoms with Crippen LogP contribution in [0.15, 0.2) is 42.5 Å². The second kappa shape index (κ2) is 7.80. The minimum absolute atomic E-state index is 0.807. The van der Waals surface area contributed by atoms with Gasteiger partial charge in [-0.15, -0.1) is 0 Å². The first-order valence-electron chi connectivity index (χ1n) is 7.22. The zero-order valence-corrected chi connectivity index (χ0v) is 11.5. The van der Waals surface area contributed by atoms with Crippen LogP contribution < -0.4 is 10.5 Å². The molecule has 0 aliphatic heterocycles. The second-order valence-corrected chi connectivity index (χ2v) is 4.91. The summed E-state index contributed by atoms with van der Waals surface area (Å²) in [5, 5.41) is 2.50. The minimum Gasteiger partial charge on any atom is -0.494 e. The van der Waals surface area contributed by atoms with Crippen LogP contribution in [0.3, 0.4) is 0 Å². The number of hydrogen-bond donors (Lipinski definition) is 1. The molecule has 2 nitrogen and oxygen atoms in total. The largest absolute Gasteiger partial charge is 0.494 e. The monoisotopic (exact) mass is 257 g/mol. The standard InChI is InChI=1S/C17H23NO/c18-12-6-2-1-3-7-13-19-17-11-10-15-8-4-5-9-16(15)14-17/h4-5,8-11,14H,1-3,6-7,12-13,18H2. The molecule has 0 aromatic heterocycles. The van der Waals surface area contributed by atoms with Crippen molar-refractivity contribution in [1.82, 2.24) is 0 Å². The predicted octanol–water partition coefficient (Wildman–Crippen LogP) is 4.13. The van der Waals surface area contributed by atoms with E-state index in [1.165, 1.54) is 30.0 Å². The fourth-order valence-corrected chi connectivity index (χ4v) is 2.22. The molecule has 0 saturated carbocycles. The van der Waals surface area contributed by atoms with Crippen LogP contribution in [0.1, 0.15) is 32.1 Å². The van der Waals surface area contributed by atoms with Crippen LogP contribution in [0.25, 0.3) is 10.8 Å². The Morgan fingerprint density at radius 2 is 1.53 bits per heavy atom. The zero-order chi connectivity index (χ0) is 13.3. The van der Waals surface area contributed by atoms with Crippen molar-refractivity contribution >= 4 is 10.8 Å². The number of ether oxygens (including phenoxy) is 1. The van der Waals surface area contributed by atoms with Crippen molar-refractivity contribution in [2.24, 2.45) is 5.73 Å². The fraction of sp³-hybridized carbons (Fsp3) is 0.412. The van der Waals surface area contributed by atoms with E-state index in [2.05, 4.69) is 42.5 Å². The zero-order valence-electron chi connectivity index (χ0n) is 11.5. The van der Waals surface area contributed by atoms with E-state index in [0.29, 0.717) is 0 Å². The van der Waals surface area contributed by atoms with Gasteiger partial charge in [0.2, 0.25) is 0 Å². The lowest BCUT2D eigenvalue weighted by atomic mass is 10.1. The Balaban J connectivity index is 1.72. The van der Waals surface area contributed by atoms with Crippen molar-refractivity contribution < 1.29 is 4.74 Å². The maximum atomic E-state index is 5.80. The summed E-state index contributed by atoms with van der Waals surface area (Å²) >= 11 is 0. The molecule has 0 saturated heterocycles. The highest BCUT2D eigenvalue weighted by atomic mass is 16.5. The van der Waals surface area contributed by atoms with E-state index in [9.17, 15) is 0 Å². The topological polar surface area (TPSA) is 35.2 Å². The molecule has 0 radical (unpaired) electrons. The molecular formula is C17H23NO. The van der Waals surface area contributed by atoms with Crippen LogP contribution in [-0.4, -0.2) is 13.2 Å². The van der Waals surface area contributed by atoms with Crippen molar-refractivity contribution in [2.75, 3.05) is 13.2 Å². The van der Waals surface area contributed by atoms with Gasteiger partial charge >= 0.3 is 0 Å². The molecule has 19 heavy (non-hydrogen) atoms. The third-order valence-corrected chi connectivity index (χ3v) is 3.34. The van der Waals surface area contributed by atoms with Crippen LogP contribution in [0, 0.1) is 0 Å². The van der Waals surface area contributed by atoms with E-state index >= 15 is 0 Å². The molecule has 2 N–H and O–H groups in total. The Morgan fingerprint density at radius 3 is 2.37 bits per heavy atom. The SMILES string of the molecule is NCCCCCCCOc1ccc2ccccc2c1. The fourth-order valence-electron chi connectivity index (χ4n) is 2.22. The van der Waals surface area contributed by atoms with Gasteiger partial charge in [0.15, 0.2) is 0 Å². The number of nitrogens with two attached hydrogens (primary N) is 1. The Morgan fingerprint density at radius 1 is 0.789 bits per heavy atom. The number of fused-ring (bicyclic) bond motifs is 1. The molecule has 2 aromatic carbocycles. The van der Waals surface area contributed by atoms with Crippen LogP contribution in [0.4, 0.5) is 0 Å². The molecule has 2 aromatic rings. The van der Waals surface area contributed by atoms with Gasteiger partial charge in [-0.3, -0.25) is 0 Å². The van der Waals surface area contributed by atoms with Gasteiger partial charge in [0.1, 0.15) is 5.75 Å². The van der Waals surface area contributed by atoms with E-state index < -0.39 is 0 Å². The van der Waals surface area contributed by atoms with Crippen molar-refractivity contribution in [2.45, 2.75) is 32.1 Å². The maximum absolute atomic E-state index is 5.80. The summed E-state index contributed by atoms with van der Waals surface area (Å²) in [6.07, 6.45) is 6.00. The van der Waals surface area contributed by atoms with E-state index in [1.54, 1.807) is 0 Å². The van der Waals surface area contributed by atoms with Gasteiger partial charge in [-0.25, -0.2) is 0 Å². The average molecular weight is 257 g/mol. The summed E-state index contributed by atoms with van der Waals surface area (Å²) in [6, 6.07) is 14.6. The highest BCUT2D eigenvalue weighted by Gasteiger charge is 1.97. The van der Waals surface area contributed by atoms with E-state index in [4.69, 9.17) is 10.5 Å². The van der Waals surface area contributed by atoms with Gasteiger partial charge in [0.25, 0.3) is 0 Å².